The van der Waals surface area contributed by atoms with E-state index in [1.54, 1.807) is 0 Å². The summed E-state index contributed by atoms with van der Waals surface area (Å²) in [5, 5.41) is 20.1. The Hall–Kier alpha value is -3.40. The summed E-state index contributed by atoms with van der Waals surface area (Å²) in [6, 6.07) is 3.77. The Balaban J connectivity index is 1.81. The SMILES string of the molecule is CCOc1cc2c3c(c1)c(N=NC1=NC(=O)/C(=C/C(=O)OC)S1)c(O)n3C(C)(C)C=C2C. The van der Waals surface area contributed by atoms with Gasteiger partial charge in [0.1, 0.15) is 5.75 Å². The first-order chi connectivity index (χ1) is 15.2. The number of amides is 1. The molecule has 0 saturated carbocycles. The Kier molecular flexibility index (Phi) is 5.41. The molecule has 10 heteroatoms. The number of aliphatic imine (C=N–C) groups is 1. The van der Waals surface area contributed by atoms with E-state index in [0.717, 1.165) is 34.5 Å². The van der Waals surface area contributed by atoms with Gasteiger partial charge in [-0.15, -0.1) is 10.2 Å². The molecule has 9 nitrogen and oxygen atoms in total. The molecule has 2 aliphatic rings. The highest BCUT2D eigenvalue weighted by atomic mass is 32.2. The quantitative estimate of drug-likeness (QED) is 0.408. The summed E-state index contributed by atoms with van der Waals surface area (Å²) in [5.41, 5.74) is 2.59. The maximum Gasteiger partial charge on any atom is 0.331 e. The molecule has 1 aromatic heterocycles. The van der Waals surface area contributed by atoms with Gasteiger partial charge in [0.25, 0.3) is 5.91 Å². The highest BCUT2D eigenvalue weighted by Crippen LogP contribution is 2.49. The number of amidine groups is 1. The van der Waals surface area contributed by atoms with Crippen LogP contribution >= 0.6 is 11.8 Å². The van der Waals surface area contributed by atoms with Crippen LogP contribution in [0.3, 0.4) is 0 Å². The maximum absolute atomic E-state index is 12.0. The first kappa shape index (κ1) is 21.8. The average Bonchev–Trinajstić information content (AvgIpc) is 3.21. The number of rotatable bonds is 4. The number of ether oxygens (including phenoxy) is 2. The smallest absolute Gasteiger partial charge is 0.331 e. The van der Waals surface area contributed by atoms with Crippen LogP contribution < -0.4 is 4.74 Å². The number of methoxy groups -OCH3 is 1. The molecule has 0 unspecified atom stereocenters. The molecule has 1 N–H and O–H groups in total. The summed E-state index contributed by atoms with van der Waals surface area (Å²) >= 11 is 0.909. The van der Waals surface area contributed by atoms with Gasteiger partial charge in [0.2, 0.25) is 11.0 Å². The van der Waals surface area contributed by atoms with Crippen LogP contribution in [0.15, 0.2) is 44.4 Å². The highest BCUT2D eigenvalue weighted by molar-refractivity contribution is 8.18. The van der Waals surface area contributed by atoms with Crippen molar-refractivity contribution in [1.29, 1.82) is 0 Å². The number of thioether (sulfide) groups is 1. The van der Waals surface area contributed by atoms with E-state index in [-0.39, 0.29) is 21.6 Å². The standard InChI is InChI=1S/C22H22N4O5S/c1-6-31-12-7-13-11(2)10-22(3,4)26-18(13)14(8-12)17(20(26)29)24-25-21-23-19(28)15(32-21)9-16(27)30-5/h7-10,29H,6H2,1-5H3/b15-9-,25-24?. The second kappa shape index (κ2) is 7.94. The number of aromatic nitrogens is 1. The van der Waals surface area contributed by atoms with Gasteiger partial charge < -0.3 is 19.1 Å². The minimum Gasteiger partial charge on any atom is -0.494 e. The number of hydrogen-bond donors (Lipinski definition) is 1. The highest BCUT2D eigenvalue weighted by Gasteiger charge is 2.33. The van der Waals surface area contributed by atoms with E-state index in [9.17, 15) is 14.7 Å². The second-order valence-electron chi connectivity index (χ2n) is 7.82. The van der Waals surface area contributed by atoms with Crippen molar-refractivity contribution in [2.45, 2.75) is 33.2 Å². The molecule has 3 heterocycles. The minimum atomic E-state index is -0.658. The summed E-state index contributed by atoms with van der Waals surface area (Å²) in [5.74, 6) is -0.648. The fraction of sp³-hybridized carbons (Fsp3) is 0.318. The number of allylic oxidation sites excluding steroid dienone is 2. The number of carbonyl (C=O) groups excluding carboxylic acids is 2. The van der Waals surface area contributed by atoms with Gasteiger partial charge in [-0.3, -0.25) is 4.79 Å². The average molecular weight is 455 g/mol. The van der Waals surface area contributed by atoms with Gasteiger partial charge in [0, 0.05) is 17.0 Å². The van der Waals surface area contributed by atoms with Gasteiger partial charge in [0.05, 0.1) is 29.7 Å². The number of azo groups is 1. The summed E-state index contributed by atoms with van der Waals surface area (Å²) in [7, 11) is 1.22. The molecule has 0 bridgehead atoms. The second-order valence-corrected chi connectivity index (χ2v) is 8.83. The van der Waals surface area contributed by atoms with Crippen molar-refractivity contribution < 1.29 is 24.2 Å². The zero-order valence-corrected chi connectivity index (χ0v) is 19.1. The third kappa shape index (κ3) is 3.60. The van der Waals surface area contributed by atoms with Crippen molar-refractivity contribution in [3.63, 3.8) is 0 Å². The molecular formula is C22H22N4O5S. The molecule has 0 radical (unpaired) electrons. The van der Waals surface area contributed by atoms with Crippen molar-refractivity contribution >= 4 is 51.0 Å². The normalized spacial score (nSPS) is 18.4. The van der Waals surface area contributed by atoms with Crippen molar-refractivity contribution in [3.8, 4) is 11.6 Å². The Morgan fingerprint density at radius 1 is 1.34 bits per heavy atom. The Morgan fingerprint density at radius 3 is 2.78 bits per heavy atom. The number of esters is 1. The van der Waals surface area contributed by atoms with Crippen molar-refractivity contribution in [1.82, 2.24) is 4.57 Å². The fourth-order valence-corrected chi connectivity index (χ4v) is 4.64. The summed E-state index contributed by atoms with van der Waals surface area (Å²) in [6.07, 6.45) is 3.13. The molecule has 0 atom stereocenters. The molecule has 1 amide bonds. The van der Waals surface area contributed by atoms with Gasteiger partial charge in [-0.1, -0.05) is 6.08 Å². The van der Waals surface area contributed by atoms with E-state index in [0.29, 0.717) is 17.7 Å². The van der Waals surface area contributed by atoms with Gasteiger partial charge in [-0.05, 0) is 57.2 Å². The third-order valence-electron chi connectivity index (χ3n) is 5.16. The molecule has 32 heavy (non-hydrogen) atoms. The lowest BCUT2D eigenvalue weighted by Gasteiger charge is -2.31. The Labute approximate surface area is 188 Å². The molecule has 0 fully saturated rings. The van der Waals surface area contributed by atoms with E-state index in [1.165, 1.54) is 7.11 Å². The Morgan fingerprint density at radius 2 is 2.09 bits per heavy atom. The number of carbonyl (C=O) groups is 2. The van der Waals surface area contributed by atoms with Crippen LogP contribution in [-0.2, 0) is 19.9 Å². The van der Waals surface area contributed by atoms with Crippen LogP contribution in [0.4, 0.5) is 5.69 Å². The predicted octanol–water partition coefficient (Wildman–Crippen LogP) is 4.67. The first-order valence-electron chi connectivity index (χ1n) is 9.93. The van der Waals surface area contributed by atoms with Crippen LogP contribution in [0.2, 0.25) is 0 Å². The number of hydrogen-bond acceptors (Lipinski definition) is 8. The van der Waals surface area contributed by atoms with Crippen LogP contribution in [0.25, 0.3) is 16.5 Å². The van der Waals surface area contributed by atoms with Crippen LogP contribution in [0.1, 0.15) is 33.3 Å². The third-order valence-corrected chi connectivity index (χ3v) is 6.03. The number of benzene rings is 1. The molecule has 0 saturated heterocycles. The van der Waals surface area contributed by atoms with Crippen LogP contribution in [-0.4, -0.2) is 40.4 Å². The van der Waals surface area contributed by atoms with Gasteiger partial charge in [0.15, 0.2) is 5.69 Å². The Bertz CT molecular complexity index is 1280. The molecule has 1 aromatic carbocycles. The summed E-state index contributed by atoms with van der Waals surface area (Å²) < 4.78 is 12.1. The maximum atomic E-state index is 12.0. The molecule has 2 aromatic rings. The number of nitrogens with zero attached hydrogens (tertiary/aromatic N) is 4. The van der Waals surface area contributed by atoms with Gasteiger partial charge in [-0.2, -0.15) is 4.99 Å². The molecule has 2 aliphatic heterocycles. The zero-order chi connectivity index (χ0) is 23.2. The lowest BCUT2D eigenvalue weighted by molar-refractivity contribution is -0.135. The van der Waals surface area contributed by atoms with Crippen molar-refractivity contribution in [3.05, 3.63) is 34.8 Å². The fourth-order valence-electron chi connectivity index (χ4n) is 3.94. The lowest BCUT2D eigenvalue weighted by Crippen LogP contribution is -2.26. The van der Waals surface area contributed by atoms with Gasteiger partial charge >= 0.3 is 5.97 Å². The van der Waals surface area contributed by atoms with E-state index in [4.69, 9.17) is 4.74 Å². The monoisotopic (exact) mass is 454 g/mol. The molecular weight excluding hydrogens is 432 g/mol. The first-order valence-corrected chi connectivity index (χ1v) is 10.7. The number of aromatic hydroxyl groups is 1. The minimum absolute atomic E-state index is 0.0485. The van der Waals surface area contributed by atoms with Gasteiger partial charge in [-0.25, -0.2) is 4.79 Å². The molecule has 4 rings (SSSR count). The van der Waals surface area contributed by atoms with Crippen molar-refractivity contribution in [2.24, 2.45) is 15.2 Å². The lowest BCUT2D eigenvalue weighted by atomic mass is 9.92. The largest absolute Gasteiger partial charge is 0.494 e. The molecule has 0 aliphatic carbocycles. The molecule has 166 valence electrons. The van der Waals surface area contributed by atoms with E-state index < -0.39 is 17.4 Å². The van der Waals surface area contributed by atoms with Crippen LogP contribution in [0.5, 0.6) is 11.6 Å². The topological polar surface area (TPSA) is 115 Å². The summed E-state index contributed by atoms with van der Waals surface area (Å²) in [4.78, 5) is 27.3. The van der Waals surface area contributed by atoms with Crippen molar-refractivity contribution in [2.75, 3.05) is 13.7 Å². The van der Waals surface area contributed by atoms with E-state index in [1.807, 2.05) is 44.4 Å². The van der Waals surface area contributed by atoms with E-state index in [2.05, 4.69) is 26.0 Å². The van der Waals surface area contributed by atoms with E-state index >= 15 is 0 Å². The molecule has 0 spiro atoms. The van der Waals surface area contributed by atoms with Crippen LogP contribution in [0, 0.1) is 0 Å². The summed E-state index contributed by atoms with van der Waals surface area (Å²) in [6.45, 7) is 8.40. The predicted molar refractivity (Wildman–Crippen MR) is 122 cm³/mol. The zero-order valence-electron chi connectivity index (χ0n) is 18.3.